The summed E-state index contributed by atoms with van der Waals surface area (Å²) in [5.41, 5.74) is 0.336. The average molecular weight is 275 g/mol. The first-order valence-corrected chi connectivity index (χ1v) is 5.44. The molecule has 2 aromatic rings. The van der Waals surface area contributed by atoms with Crippen LogP contribution in [0, 0.1) is 24.2 Å². The van der Waals surface area contributed by atoms with E-state index >= 15 is 0 Å². The van der Waals surface area contributed by atoms with Gasteiger partial charge in [-0.15, -0.1) is 6.42 Å². The third-order valence-corrected chi connectivity index (χ3v) is 2.04. The zero-order valence-electron chi connectivity index (χ0n) is 10.5. The highest BCUT2D eigenvalue weighted by molar-refractivity contribution is 5.30. The van der Waals surface area contributed by atoms with E-state index in [1.807, 2.05) is 30.3 Å². The topological polar surface area (TPSA) is 23.8 Å². The number of benzene rings is 2. The highest BCUT2D eigenvalue weighted by atomic mass is 19.4. The van der Waals surface area contributed by atoms with Crippen molar-refractivity contribution < 1.29 is 13.2 Å². The van der Waals surface area contributed by atoms with Crippen molar-refractivity contribution in [2.24, 2.45) is 0 Å². The minimum atomic E-state index is -4.21. The quantitative estimate of drug-likeness (QED) is 0.649. The maximum absolute atomic E-state index is 11.8. The van der Waals surface area contributed by atoms with Crippen molar-refractivity contribution in [2.75, 3.05) is 0 Å². The van der Waals surface area contributed by atoms with Crippen LogP contribution in [0.4, 0.5) is 13.2 Å². The highest BCUT2D eigenvalue weighted by Gasteiger charge is 2.29. The highest BCUT2D eigenvalue weighted by Crippen LogP contribution is 2.28. The second kappa shape index (κ2) is 9.24. The van der Waals surface area contributed by atoms with Crippen molar-refractivity contribution in [2.45, 2.75) is 6.18 Å². The summed E-state index contributed by atoms with van der Waals surface area (Å²) in [5, 5.41) is 6.50. The Balaban J connectivity index is 0.000000327. The Kier molecular flexibility index (Phi) is 7.99. The first kappa shape index (κ1) is 17.3. The number of terminal acetylenes is 1. The van der Waals surface area contributed by atoms with E-state index in [9.17, 15) is 13.2 Å². The van der Waals surface area contributed by atoms with Gasteiger partial charge in [-0.25, -0.2) is 5.26 Å². The number of nitrogens with zero attached hydrogens (tertiary/aromatic N) is 1. The first-order chi connectivity index (χ1) is 9.54. The van der Waals surface area contributed by atoms with E-state index < -0.39 is 11.7 Å². The minimum absolute atomic E-state index is 0.602. The average Bonchev–Trinajstić information content (AvgIpc) is 2.51. The monoisotopic (exact) mass is 275 g/mol. The van der Waals surface area contributed by atoms with E-state index in [1.54, 1.807) is 6.07 Å². The molecule has 2 aromatic carbocycles. The van der Waals surface area contributed by atoms with Crippen molar-refractivity contribution in [1.82, 2.24) is 0 Å². The Labute approximate surface area is 116 Å². The first-order valence-electron chi connectivity index (χ1n) is 5.44. The lowest BCUT2D eigenvalue weighted by Crippen LogP contribution is -2.03. The third-order valence-electron chi connectivity index (χ3n) is 2.04. The van der Waals surface area contributed by atoms with Crippen LogP contribution in [-0.2, 0) is 6.18 Å². The summed E-state index contributed by atoms with van der Waals surface area (Å²) in [7, 11) is 0. The SMILES string of the molecule is C#Cc1ccccc1.C#N.FC(F)(F)c1ccccc1. The summed E-state index contributed by atoms with van der Waals surface area (Å²) in [6, 6.07) is 16.0. The predicted molar refractivity (Wildman–Crippen MR) is 72.5 cm³/mol. The number of alkyl halides is 3. The van der Waals surface area contributed by atoms with Crippen LogP contribution in [0.3, 0.4) is 0 Å². The lowest BCUT2D eigenvalue weighted by Gasteiger charge is -2.03. The summed E-state index contributed by atoms with van der Waals surface area (Å²) < 4.78 is 35.4. The van der Waals surface area contributed by atoms with Crippen LogP contribution in [0.1, 0.15) is 11.1 Å². The molecule has 0 bridgehead atoms. The third kappa shape index (κ3) is 6.88. The Morgan fingerprint density at radius 1 is 0.800 bits per heavy atom. The zero-order valence-corrected chi connectivity index (χ0v) is 10.5. The summed E-state index contributed by atoms with van der Waals surface area (Å²) in [4.78, 5) is 0. The van der Waals surface area contributed by atoms with E-state index in [0.29, 0.717) is 0 Å². The van der Waals surface area contributed by atoms with Crippen LogP contribution < -0.4 is 0 Å². The molecule has 0 aliphatic rings. The number of halogens is 3. The molecule has 2 rings (SSSR count). The molecule has 0 saturated carbocycles. The molecule has 0 heterocycles. The fraction of sp³-hybridized carbons (Fsp3) is 0.0625. The number of hydrogen-bond acceptors (Lipinski definition) is 1. The fourth-order valence-corrected chi connectivity index (χ4v) is 1.16. The molecule has 0 spiro atoms. The van der Waals surface area contributed by atoms with Crippen molar-refractivity contribution in [3.63, 3.8) is 0 Å². The van der Waals surface area contributed by atoms with Crippen LogP contribution >= 0.6 is 0 Å². The predicted octanol–water partition coefficient (Wildman–Crippen LogP) is 4.51. The maximum atomic E-state index is 11.8. The van der Waals surface area contributed by atoms with E-state index in [1.165, 1.54) is 12.1 Å². The van der Waals surface area contributed by atoms with E-state index in [0.717, 1.165) is 17.7 Å². The van der Waals surface area contributed by atoms with E-state index in [-0.39, 0.29) is 0 Å². The van der Waals surface area contributed by atoms with Gasteiger partial charge in [-0.05, 0) is 12.1 Å². The molecule has 0 saturated heterocycles. The van der Waals surface area contributed by atoms with Gasteiger partial charge in [-0.3, -0.25) is 0 Å². The molecule has 0 N–H and O–H groups in total. The van der Waals surface area contributed by atoms with Crippen molar-refractivity contribution in [3.8, 4) is 18.9 Å². The van der Waals surface area contributed by atoms with E-state index in [2.05, 4.69) is 12.5 Å². The zero-order chi connectivity index (χ0) is 15.4. The largest absolute Gasteiger partial charge is 0.416 e. The summed E-state index contributed by atoms with van der Waals surface area (Å²) in [5.74, 6) is 2.53. The van der Waals surface area contributed by atoms with Crippen LogP contribution in [0.2, 0.25) is 0 Å². The van der Waals surface area contributed by atoms with Gasteiger partial charge in [0.05, 0.1) is 5.56 Å². The molecule has 0 unspecified atom stereocenters. The molecule has 0 aromatic heterocycles. The molecular formula is C16H12F3N. The molecule has 0 amide bonds. The number of rotatable bonds is 0. The summed E-state index contributed by atoms with van der Waals surface area (Å²) >= 11 is 0. The van der Waals surface area contributed by atoms with Gasteiger partial charge in [-0.2, -0.15) is 13.2 Å². The standard InChI is InChI=1S/C8H6.C7H5F3.CHN/c1-2-8-6-4-3-5-7-8;8-7(9,10)6-4-2-1-3-5-6;1-2/h1,3-7H;1-5H;1H. The van der Waals surface area contributed by atoms with Gasteiger partial charge in [0.2, 0.25) is 0 Å². The smallest absolute Gasteiger partial charge is 0.202 e. The van der Waals surface area contributed by atoms with Gasteiger partial charge >= 0.3 is 6.18 Å². The van der Waals surface area contributed by atoms with Crippen LogP contribution in [-0.4, -0.2) is 0 Å². The Hall–Kier alpha value is -2.72. The summed E-state index contributed by atoms with van der Waals surface area (Å²) in [6.07, 6.45) is 0.893. The second-order valence-electron chi connectivity index (χ2n) is 3.37. The molecule has 4 heteroatoms. The molecule has 0 radical (unpaired) electrons. The van der Waals surface area contributed by atoms with Gasteiger partial charge < -0.3 is 0 Å². The fourth-order valence-electron chi connectivity index (χ4n) is 1.16. The van der Waals surface area contributed by atoms with Gasteiger partial charge in [0, 0.05) is 12.1 Å². The Morgan fingerprint density at radius 2 is 1.20 bits per heavy atom. The molecule has 0 aliphatic heterocycles. The van der Waals surface area contributed by atoms with Crippen molar-refractivity contribution in [3.05, 3.63) is 71.8 Å². The van der Waals surface area contributed by atoms with Gasteiger partial charge in [0.15, 0.2) is 0 Å². The lowest BCUT2D eigenvalue weighted by molar-refractivity contribution is -0.137. The van der Waals surface area contributed by atoms with Crippen molar-refractivity contribution in [1.29, 1.82) is 5.26 Å². The number of hydrogen-bond donors (Lipinski definition) is 0. The number of nitriles is 1. The molecule has 0 fully saturated rings. The Morgan fingerprint density at radius 3 is 1.45 bits per heavy atom. The molecule has 0 atom stereocenters. The molecule has 0 aliphatic carbocycles. The van der Waals surface area contributed by atoms with Crippen LogP contribution in [0.15, 0.2) is 60.7 Å². The van der Waals surface area contributed by atoms with Crippen LogP contribution in [0.5, 0.6) is 0 Å². The normalized spacial score (nSPS) is 9.00. The van der Waals surface area contributed by atoms with Gasteiger partial charge in [-0.1, -0.05) is 54.5 Å². The maximum Gasteiger partial charge on any atom is 0.416 e. The minimum Gasteiger partial charge on any atom is -0.202 e. The molecule has 1 nitrogen and oxygen atoms in total. The Bertz CT molecular complexity index is 537. The molecule has 102 valence electrons. The van der Waals surface area contributed by atoms with Gasteiger partial charge in [0.25, 0.3) is 0 Å². The second-order valence-corrected chi connectivity index (χ2v) is 3.37. The van der Waals surface area contributed by atoms with E-state index in [4.69, 9.17) is 11.7 Å². The lowest BCUT2D eigenvalue weighted by atomic mass is 10.2. The van der Waals surface area contributed by atoms with Gasteiger partial charge in [0.1, 0.15) is 0 Å². The summed E-state index contributed by atoms with van der Waals surface area (Å²) in [6.45, 7) is 3.50. The van der Waals surface area contributed by atoms with Crippen molar-refractivity contribution >= 4 is 0 Å². The molecular weight excluding hydrogens is 263 g/mol. The van der Waals surface area contributed by atoms with Crippen LogP contribution in [0.25, 0.3) is 0 Å². The molecule has 20 heavy (non-hydrogen) atoms.